The van der Waals surface area contributed by atoms with Crippen molar-refractivity contribution in [3.05, 3.63) is 66.1 Å². The van der Waals surface area contributed by atoms with Crippen molar-refractivity contribution in [2.45, 2.75) is 0 Å². The summed E-state index contributed by atoms with van der Waals surface area (Å²) in [5.41, 5.74) is 2.50. The van der Waals surface area contributed by atoms with Crippen LogP contribution in [0.25, 0.3) is 22.0 Å². The van der Waals surface area contributed by atoms with E-state index < -0.39 is 5.82 Å². The first kappa shape index (κ1) is 11.5. The summed E-state index contributed by atoms with van der Waals surface area (Å²) in [4.78, 5) is 14.9. The molecular formula is C16H10FNO. The standard InChI is InChI=1S/C16H10FNO/c17-15-8-11(5-6-13(15)10-19)14-7-12-3-1-2-4-16(12)18-9-14/h1-10H. The van der Waals surface area contributed by atoms with E-state index >= 15 is 0 Å². The first-order valence-corrected chi connectivity index (χ1v) is 5.88. The number of hydrogen-bond acceptors (Lipinski definition) is 2. The molecule has 0 N–H and O–H groups in total. The Kier molecular flexibility index (Phi) is 2.80. The molecule has 0 saturated heterocycles. The molecule has 0 aliphatic rings. The molecular weight excluding hydrogens is 241 g/mol. The summed E-state index contributed by atoms with van der Waals surface area (Å²) in [6, 6.07) is 14.3. The van der Waals surface area contributed by atoms with Gasteiger partial charge in [-0.2, -0.15) is 0 Å². The zero-order valence-corrected chi connectivity index (χ0v) is 10.0. The van der Waals surface area contributed by atoms with E-state index in [-0.39, 0.29) is 5.56 Å². The third kappa shape index (κ3) is 2.10. The summed E-state index contributed by atoms with van der Waals surface area (Å²) in [6.45, 7) is 0. The Labute approximate surface area is 109 Å². The maximum absolute atomic E-state index is 13.6. The Morgan fingerprint density at radius 2 is 1.84 bits per heavy atom. The smallest absolute Gasteiger partial charge is 0.152 e. The van der Waals surface area contributed by atoms with Crippen molar-refractivity contribution in [1.29, 1.82) is 0 Å². The number of nitrogens with zero attached hydrogens (tertiary/aromatic N) is 1. The lowest BCUT2D eigenvalue weighted by atomic mass is 10.0. The van der Waals surface area contributed by atoms with Crippen LogP contribution in [0.3, 0.4) is 0 Å². The first-order valence-electron chi connectivity index (χ1n) is 5.88. The highest BCUT2D eigenvalue weighted by molar-refractivity contribution is 5.84. The minimum absolute atomic E-state index is 0.0671. The number of aldehydes is 1. The van der Waals surface area contributed by atoms with E-state index in [0.717, 1.165) is 16.5 Å². The summed E-state index contributed by atoms with van der Waals surface area (Å²) in [5, 5.41) is 1.000. The molecule has 92 valence electrons. The van der Waals surface area contributed by atoms with Crippen LogP contribution >= 0.6 is 0 Å². The molecule has 0 bridgehead atoms. The predicted molar refractivity (Wildman–Crippen MR) is 72.5 cm³/mol. The van der Waals surface area contributed by atoms with Crippen molar-refractivity contribution in [2.75, 3.05) is 0 Å². The van der Waals surface area contributed by atoms with Crippen LogP contribution in [0.5, 0.6) is 0 Å². The molecule has 2 nitrogen and oxygen atoms in total. The molecule has 19 heavy (non-hydrogen) atoms. The number of rotatable bonds is 2. The SMILES string of the molecule is O=Cc1ccc(-c2cnc3ccccc3c2)cc1F. The van der Waals surface area contributed by atoms with Crippen molar-refractivity contribution in [1.82, 2.24) is 4.98 Å². The van der Waals surface area contributed by atoms with Gasteiger partial charge in [0.2, 0.25) is 0 Å². The molecule has 0 saturated carbocycles. The van der Waals surface area contributed by atoms with Gasteiger partial charge in [-0.3, -0.25) is 9.78 Å². The predicted octanol–water partition coefficient (Wildman–Crippen LogP) is 3.85. The molecule has 1 heterocycles. The van der Waals surface area contributed by atoms with Crippen LogP contribution in [-0.4, -0.2) is 11.3 Å². The maximum atomic E-state index is 13.6. The van der Waals surface area contributed by atoms with Crippen LogP contribution in [0.4, 0.5) is 4.39 Å². The summed E-state index contributed by atoms with van der Waals surface area (Å²) in [5.74, 6) is -0.513. The Morgan fingerprint density at radius 1 is 1.00 bits per heavy atom. The highest BCUT2D eigenvalue weighted by atomic mass is 19.1. The average Bonchev–Trinajstić information content (AvgIpc) is 2.46. The lowest BCUT2D eigenvalue weighted by molar-refractivity contribution is 0.112. The zero-order valence-electron chi connectivity index (χ0n) is 10.0. The molecule has 3 aromatic rings. The van der Waals surface area contributed by atoms with Gasteiger partial charge in [-0.05, 0) is 29.8 Å². The quantitative estimate of drug-likeness (QED) is 0.647. The Bertz CT molecular complexity index is 768. The maximum Gasteiger partial charge on any atom is 0.152 e. The monoisotopic (exact) mass is 251 g/mol. The van der Waals surface area contributed by atoms with Crippen LogP contribution in [-0.2, 0) is 0 Å². The molecule has 0 unspecified atom stereocenters. The first-order chi connectivity index (χ1) is 9.28. The van der Waals surface area contributed by atoms with Crippen molar-refractivity contribution >= 4 is 17.2 Å². The van der Waals surface area contributed by atoms with Gasteiger partial charge in [0.15, 0.2) is 6.29 Å². The molecule has 3 heteroatoms. The third-order valence-corrected chi connectivity index (χ3v) is 3.05. The normalized spacial score (nSPS) is 10.6. The topological polar surface area (TPSA) is 30.0 Å². The highest BCUT2D eigenvalue weighted by Gasteiger charge is 2.05. The molecule has 0 aliphatic carbocycles. The lowest BCUT2D eigenvalue weighted by Gasteiger charge is -2.04. The molecule has 0 fully saturated rings. The Hall–Kier alpha value is -2.55. The Morgan fingerprint density at radius 3 is 2.63 bits per heavy atom. The van der Waals surface area contributed by atoms with E-state index in [9.17, 15) is 9.18 Å². The van der Waals surface area contributed by atoms with Crippen molar-refractivity contribution in [3.8, 4) is 11.1 Å². The molecule has 0 spiro atoms. The number of aromatic nitrogens is 1. The van der Waals surface area contributed by atoms with E-state index in [2.05, 4.69) is 4.98 Å². The number of carbonyl (C=O) groups excluding carboxylic acids is 1. The second kappa shape index (κ2) is 4.61. The summed E-state index contributed by atoms with van der Waals surface area (Å²) in [6.07, 6.45) is 2.22. The van der Waals surface area contributed by atoms with Gasteiger partial charge in [0.1, 0.15) is 5.82 Å². The van der Waals surface area contributed by atoms with Crippen LogP contribution < -0.4 is 0 Å². The van der Waals surface area contributed by atoms with Crippen molar-refractivity contribution in [3.63, 3.8) is 0 Å². The molecule has 1 aromatic heterocycles. The number of carbonyl (C=O) groups is 1. The fourth-order valence-electron chi connectivity index (χ4n) is 2.03. The molecule has 0 atom stereocenters. The summed E-state index contributed by atoms with van der Waals surface area (Å²) >= 11 is 0. The average molecular weight is 251 g/mol. The number of pyridine rings is 1. The summed E-state index contributed by atoms with van der Waals surface area (Å²) < 4.78 is 13.6. The van der Waals surface area contributed by atoms with Gasteiger partial charge in [-0.25, -0.2) is 4.39 Å². The van der Waals surface area contributed by atoms with Gasteiger partial charge >= 0.3 is 0 Å². The van der Waals surface area contributed by atoms with Crippen LogP contribution in [0.1, 0.15) is 10.4 Å². The van der Waals surface area contributed by atoms with Gasteiger partial charge in [0.25, 0.3) is 0 Å². The Balaban J connectivity index is 2.13. The van der Waals surface area contributed by atoms with Crippen molar-refractivity contribution in [2.24, 2.45) is 0 Å². The molecule has 0 amide bonds. The molecule has 3 rings (SSSR count). The highest BCUT2D eigenvalue weighted by Crippen LogP contribution is 2.24. The number of para-hydroxylation sites is 1. The second-order valence-corrected chi connectivity index (χ2v) is 4.27. The number of fused-ring (bicyclic) bond motifs is 1. The molecule has 0 aliphatic heterocycles. The third-order valence-electron chi connectivity index (χ3n) is 3.05. The van der Waals surface area contributed by atoms with Gasteiger partial charge < -0.3 is 0 Å². The van der Waals surface area contributed by atoms with Crippen LogP contribution in [0.2, 0.25) is 0 Å². The molecule has 0 radical (unpaired) electrons. The summed E-state index contributed by atoms with van der Waals surface area (Å²) in [7, 11) is 0. The minimum atomic E-state index is -0.513. The van der Waals surface area contributed by atoms with Crippen molar-refractivity contribution < 1.29 is 9.18 Å². The fraction of sp³-hybridized carbons (Fsp3) is 0. The van der Waals surface area contributed by atoms with E-state index in [0.29, 0.717) is 11.8 Å². The number of benzene rings is 2. The van der Waals surface area contributed by atoms with Gasteiger partial charge in [-0.1, -0.05) is 24.3 Å². The van der Waals surface area contributed by atoms with Crippen LogP contribution in [0, 0.1) is 5.82 Å². The van der Waals surface area contributed by atoms with E-state index in [1.54, 1.807) is 12.3 Å². The lowest BCUT2D eigenvalue weighted by Crippen LogP contribution is -1.89. The van der Waals surface area contributed by atoms with E-state index in [1.807, 2.05) is 30.3 Å². The molecule has 2 aromatic carbocycles. The number of halogens is 1. The minimum Gasteiger partial charge on any atom is -0.298 e. The zero-order chi connectivity index (χ0) is 13.2. The van der Waals surface area contributed by atoms with Gasteiger partial charge in [0, 0.05) is 17.1 Å². The largest absolute Gasteiger partial charge is 0.298 e. The van der Waals surface area contributed by atoms with Crippen LogP contribution in [0.15, 0.2) is 54.7 Å². The van der Waals surface area contributed by atoms with Gasteiger partial charge in [-0.15, -0.1) is 0 Å². The second-order valence-electron chi connectivity index (χ2n) is 4.27. The van der Waals surface area contributed by atoms with Gasteiger partial charge in [0.05, 0.1) is 11.1 Å². The number of hydrogen-bond donors (Lipinski definition) is 0. The fourth-order valence-corrected chi connectivity index (χ4v) is 2.03. The van der Waals surface area contributed by atoms with E-state index in [1.165, 1.54) is 12.1 Å². The van der Waals surface area contributed by atoms with E-state index in [4.69, 9.17) is 0 Å².